The zero-order valence-electron chi connectivity index (χ0n) is 13.6. The predicted octanol–water partition coefficient (Wildman–Crippen LogP) is 1.24. The van der Waals surface area contributed by atoms with E-state index in [1.807, 2.05) is 0 Å². The molecule has 1 aromatic carbocycles. The van der Waals surface area contributed by atoms with Crippen LogP contribution in [0.5, 0.6) is 5.75 Å². The summed E-state index contributed by atoms with van der Waals surface area (Å²) in [5.74, 6) is -0.366. The lowest BCUT2D eigenvalue weighted by Crippen LogP contribution is -2.12. The van der Waals surface area contributed by atoms with Gasteiger partial charge >= 0.3 is 0 Å². The minimum absolute atomic E-state index is 0.132. The Morgan fingerprint density at radius 1 is 1.67 bits per heavy atom. The molecule has 0 saturated carbocycles. The Bertz CT molecular complexity index is 757. The van der Waals surface area contributed by atoms with Gasteiger partial charge in [0.05, 0.1) is 11.7 Å². The number of aryl methyl sites for hydroxylation is 1. The summed E-state index contributed by atoms with van der Waals surface area (Å²) in [6, 6.07) is 4.19. The molecule has 0 unspecified atom stereocenters. The van der Waals surface area contributed by atoms with Crippen molar-refractivity contribution in [1.82, 2.24) is 15.1 Å². The number of hydrogen-bond donors (Lipinski definition) is 1. The number of carbonyl (C=O) groups excluding carboxylic acids is 1. The van der Waals surface area contributed by atoms with Gasteiger partial charge in [-0.25, -0.2) is 0 Å². The Kier molecular flexibility index (Phi) is 1.67. The molecule has 0 saturated heterocycles. The van der Waals surface area contributed by atoms with Crippen LogP contribution < -0.4 is 10.1 Å². The van der Waals surface area contributed by atoms with E-state index in [1.54, 1.807) is 7.05 Å². The number of benzene rings is 1. The molecule has 2 heterocycles. The number of carbonyl (C=O) groups is 1. The minimum atomic E-state index is -2.12. The normalized spacial score (nSPS) is 20.2. The summed E-state index contributed by atoms with van der Waals surface area (Å²) >= 11 is 0. The number of ether oxygens (including phenoxy) is 1. The highest BCUT2D eigenvalue weighted by Crippen LogP contribution is 2.22. The maximum Gasteiger partial charge on any atom is 0.251 e. The molecule has 2 aromatic rings. The van der Waals surface area contributed by atoms with Crippen LogP contribution in [0.25, 0.3) is 0 Å². The molecule has 0 atom stereocenters. The highest BCUT2D eigenvalue weighted by Gasteiger charge is 2.18. The van der Waals surface area contributed by atoms with Crippen molar-refractivity contribution >= 4 is 5.91 Å². The zero-order chi connectivity index (χ0) is 16.1. The van der Waals surface area contributed by atoms with Crippen LogP contribution in [0.1, 0.15) is 27.0 Å². The largest absolute Gasteiger partial charge is 0.489 e. The van der Waals surface area contributed by atoms with Gasteiger partial charge in [-0.05, 0) is 23.8 Å². The first-order valence-corrected chi connectivity index (χ1v) is 5.34. The van der Waals surface area contributed by atoms with Crippen molar-refractivity contribution < 1.29 is 15.0 Å². The average Bonchev–Trinajstić information content (AvgIpc) is 2.93. The van der Waals surface area contributed by atoms with E-state index in [0.717, 1.165) is 0 Å². The van der Waals surface area contributed by atoms with Gasteiger partial charge in [0.2, 0.25) is 0 Å². The van der Waals surface area contributed by atoms with Crippen molar-refractivity contribution in [1.29, 1.82) is 0 Å². The van der Waals surface area contributed by atoms with Crippen molar-refractivity contribution in [3.63, 3.8) is 0 Å². The molecule has 0 radical (unpaired) electrons. The molecule has 1 aromatic heterocycles. The molecule has 3 rings (SSSR count). The van der Waals surface area contributed by atoms with Crippen molar-refractivity contribution in [2.24, 2.45) is 7.05 Å². The second-order valence-corrected chi connectivity index (χ2v) is 3.89. The third-order valence-electron chi connectivity index (χ3n) is 2.54. The third kappa shape index (κ3) is 1.95. The van der Waals surface area contributed by atoms with Crippen LogP contribution in [0.3, 0.4) is 0 Å². The van der Waals surface area contributed by atoms with E-state index in [9.17, 15) is 4.79 Å². The van der Waals surface area contributed by atoms with E-state index in [4.69, 9.17) is 10.2 Å². The summed E-state index contributed by atoms with van der Waals surface area (Å²) in [5.41, 5.74) is 0.601. The molecule has 5 nitrogen and oxygen atoms in total. The standard InChI is InChI=1S/C13H13N3O2/c1-16-7-9(5-15-16)8-18-11-2-3-12-10(4-11)6-14-13(12)17/h2-5,7H,6,8H2,1H3,(H,14,17)/i6D2,8D2. The number of nitrogens with one attached hydrogen (secondary N) is 1. The molecule has 18 heavy (non-hydrogen) atoms. The smallest absolute Gasteiger partial charge is 0.251 e. The minimum Gasteiger partial charge on any atom is -0.489 e. The number of rotatable bonds is 3. The lowest BCUT2D eigenvalue weighted by Gasteiger charge is -2.05. The molecular formula is C13H13N3O2. The van der Waals surface area contributed by atoms with Gasteiger partial charge in [0.15, 0.2) is 0 Å². The molecule has 92 valence electrons. The Morgan fingerprint density at radius 3 is 3.33 bits per heavy atom. The average molecular weight is 247 g/mol. The van der Waals surface area contributed by atoms with Gasteiger partial charge in [-0.3, -0.25) is 9.48 Å². The van der Waals surface area contributed by atoms with Crippen LogP contribution in [0.15, 0.2) is 30.6 Å². The molecular weight excluding hydrogens is 230 g/mol. The van der Waals surface area contributed by atoms with Crippen molar-refractivity contribution in [2.75, 3.05) is 0 Å². The van der Waals surface area contributed by atoms with Crippen LogP contribution in [0.4, 0.5) is 0 Å². The van der Waals surface area contributed by atoms with Crippen LogP contribution in [0.2, 0.25) is 0 Å². The number of aromatic nitrogens is 2. The van der Waals surface area contributed by atoms with Crippen LogP contribution in [0, 0.1) is 0 Å². The second kappa shape index (κ2) is 4.18. The van der Waals surface area contributed by atoms with E-state index in [2.05, 4.69) is 10.4 Å². The molecule has 5 heteroatoms. The fraction of sp³-hybridized carbons (Fsp3) is 0.231. The van der Waals surface area contributed by atoms with Gasteiger partial charge in [-0.1, -0.05) is 0 Å². The van der Waals surface area contributed by atoms with E-state index >= 15 is 0 Å². The van der Waals surface area contributed by atoms with Gasteiger partial charge < -0.3 is 10.1 Å². The molecule has 1 amide bonds. The second-order valence-electron chi connectivity index (χ2n) is 3.89. The van der Waals surface area contributed by atoms with Gasteiger partial charge in [-0.15, -0.1) is 0 Å². The van der Waals surface area contributed by atoms with Crippen LogP contribution in [-0.2, 0) is 20.1 Å². The van der Waals surface area contributed by atoms with Crippen molar-refractivity contribution in [3.05, 3.63) is 47.3 Å². The van der Waals surface area contributed by atoms with E-state index in [0.29, 0.717) is 0 Å². The number of hydrogen-bond acceptors (Lipinski definition) is 3. The summed E-state index contributed by atoms with van der Waals surface area (Å²) < 4.78 is 38.3. The topological polar surface area (TPSA) is 56.1 Å². The van der Waals surface area contributed by atoms with E-state index in [-0.39, 0.29) is 22.4 Å². The number of amides is 1. The molecule has 0 bridgehead atoms. The molecule has 1 aliphatic heterocycles. The Labute approximate surface area is 110 Å². The van der Waals surface area contributed by atoms with Crippen molar-refractivity contribution in [3.8, 4) is 5.75 Å². The van der Waals surface area contributed by atoms with Gasteiger partial charge in [-0.2, -0.15) is 5.10 Å². The molecule has 1 N–H and O–H groups in total. The fourth-order valence-electron chi connectivity index (χ4n) is 1.67. The van der Waals surface area contributed by atoms with Gasteiger partial charge in [0.25, 0.3) is 5.91 Å². The summed E-state index contributed by atoms with van der Waals surface area (Å²) in [6.07, 6.45) is 2.86. The Balaban J connectivity index is 1.93. The maximum absolute atomic E-state index is 11.6. The maximum atomic E-state index is 11.6. The summed E-state index contributed by atoms with van der Waals surface area (Å²) in [5, 5.41) is 6.11. The van der Waals surface area contributed by atoms with Crippen LogP contribution >= 0.6 is 0 Å². The fourth-order valence-corrected chi connectivity index (χ4v) is 1.67. The lowest BCUT2D eigenvalue weighted by molar-refractivity contribution is 0.0966. The summed E-state index contributed by atoms with van der Waals surface area (Å²) in [4.78, 5) is 11.6. The first kappa shape index (κ1) is 7.20. The zero-order valence-corrected chi connectivity index (χ0v) is 9.60. The molecule has 0 aliphatic carbocycles. The van der Waals surface area contributed by atoms with Crippen molar-refractivity contribution in [2.45, 2.75) is 13.1 Å². The highest BCUT2D eigenvalue weighted by molar-refractivity contribution is 5.98. The van der Waals surface area contributed by atoms with Gasteiger partial charge in [0, 0.05) is 30.9 Å². The third-order valence-corrected chi connectivity index (χ3v) is 2.54. The monoisotopic (exact) mass is 247 g/mol. The first-order chi connectivity index (χ1) is 10.2. The summed E-state index contributed by atoms with van der Waals surface area (Å²) in [6.45, 7) is -4.11. The SMILES string of the molecule is [2H]C1([2H])NC(=O)c2ccc(OC([2H])([2H])c3cnn(C)c3)cc21. The lowest BCUT2D eigenvalue weighted by atomic mass is 10.1. The molecule has 0 fully saturated rings. The molecule has 1 aliphatic rings. The quantitative estimate of drug-likeness (QED) is 0.888. The van der Waals surface area contributed by atoms with E-state index in [1.165, 1.54) is 35.3 Å². The molecule has 0 spiro atoms. The van der Waals surface area contributed by atoms with Gasteiger partial charge in [0.1, 0.15) is 12.3 Å². The summed E-state index contributed by atoms with van der Waals surface area (Å²) in [7, 11) is 1.67. The van der Waals surface area contributed by atoms with E-state index < -0.39 is 19.0 Å². The first-order valence-electron chi connectivity index (χ1n) is 7.34. The highest BCUT2D eigenvalue weighted by atomic mass is 16.5. The number of fused-ring (bicyclic) bond motifs is 1. The van der Waals surface area contributed by atoms with Crippen LogP contribution in [-0.4, -0.2) is 15.7 Å². The Hall–Kier alpha value is -2.30. The number of nitrogens with zero attached hydrogens (tertiary/aromatic N) is 2. The predicted molar refractivity (Wildman–Crippen MR) is 65.2 cm³/mol. The Morgan fingerprint density at radius 2 is 2.56 bits per heavy atom.